The van der Waals surface area contributed by atoms with E-state index >= 15 is 0 Å². The molecule has 2 rings (SSSR count). The van der Waals surface area contributed by atoms with Crippen LogP contribution in [0.2, 0.25) is 0 Å². The number of rotatable bonds is 2. The van der Waals surface area contributed by atoms with Crippen LogP contribution < -0.4 is 0 Å². The lowest BCUT2D eigenvalue weighted by atomic mass is 10.2. The fourth-order valence-electron chi connectivity index (χ4n) is 1.50. The predicted molar refractivity (Wildman–Crippen MR) is 69.1 cm³/mol. The molecule has 0 saturated carbocycles. The molecule has 0 atom stereocenters. The smallest absolute Gasteiger partial charge is 0.348 e. The Hall–Kier alpha value is -2.32. The van der Waals surface area contributed by atoms with Crippen molar-refractivity contribution in [2.75, 3.05) is 7.11 Å². The Morgan fingerprint density at radius 2 is 2.28 bits per heavy atom. The standard InChI is InChI=1S/C13H9NO3S/c1-17-13(16)9(7-14)5-11-4-8-2-3-10(15)6-12(8)18-11/h2-6,15H,1H3/b9-5+. The van der Waals surface area contributed by atoms with Crippen molar-refractivity contribution in [3.63, 3.8) is 0 Å². The molecule has 1 heterocycles. The lowest BCUT2D eigenvalue weighted by Crippen LogP contribution is -2.02. The zero-order valence-electron chi connectivity index (χ0n) is 9.51. The van der Waals surface area contributed by atoms with E-state index in [2.05, 4.69) is 4.74 Å². The summed E-state index contributed by atoms with van der Waals surface area (Å²) in [6.07, 6.45) is 1.48. The molecule has 0 unspecified atom stereocenters. The summed E-state index contributed by atoms with van der Waals surface area (Å²) in [7, 11) is 1.23. The van der Waals surface area contributed by atoms with Crippen LogP contribution in [0.4, 0.5) is 0 Å². The summed E-state index contributed by atoms with van der Waals surface area (Å²) in [4.78, 5) is 12.0. The summed E-state index contributed by atoms with van der Waals surface area (Å²) in [6, 6.07) is 8.66. The monoisotopic (exact) mass is 259 g/mol. The minimum Gasteiger partial charge on any atom is -0.508 e. The van der Waals surface area contributed by atoms with E-state index in [1.807, 2.05) is 6.07 Å². The Labute approximate surface area is 107 Å². The molecule has 18 heavy (non-hydrogen) atoms. The summed E-state index contributed by atoms with van der Waals surface area (Å²) in [5.74, 6) is -0.467. The van der Waals surface area contributed by atoms with Gasteiger partial charge in [0.2, 0.25) is 0 Å². The third kappa shape index (κ3) is 2.34. The van der Waals surface area contributed by atoms with Crippen LogP contribution in [0.25, 0.3) is 16.2 Å². The van der Waals surface area contributed by atoms with Crippen molar-refractivity contribution in [2.45, 2.75) is 0 Å². The van der Waals surface area contributed by atoms with Crippen molar-refractivity contribution in [3.05, 3.63) is 34.7 Å². The van der Waals surface area contributed by atoms with Crippen LogP contribution in [0.1, 0.15) is 4.88 Å². The number of phenolic OH excluding ortho intramolecular Hbond substituents is 1. The van der Waals surface area contributed by atoms with E-state index < -0.39 is 5.97 Å². The highest BCUT2D eigenvalue weighted by Gasteiger charge is 2.09. The van der Waals surface area contributed by atoms with Crippen molar-refractivity contribution in [1.29, 1.82) is 5.26 Å². The Bertz CT molecular complexity index is 679. The third-order valence-electron chi connectivity index (χ3n) is 2.34. The minimum absolute atomic E-state index is 0.0479. The number of nitrogens with zero attached hydrogens (tertiary/aromatic N) is 1. The van der Waals surface area contributed by atoms with Gasteiger partial charge in [0.1, 0.15) is 17.4 Å². The molecule has 5 heteroatoms. The van der Waals surface area contributed by atoms with Crippen molar-refractivity contribution in [3.8, 4) is 11.8 Å². The van der Waals surface area contributed by atoms with Crippen molar-refractivity contribution < 1.29 is 14.6 Å². The summed E-state index contributed by atoms with van der Waals surface area (Å²) >= 11 is 1.39. The maximum Gasteiger partial charge on any atom is 0.348 e. The quantitative estimate of drug-likeness (QED) is 0.511. The average Bonchev–Trinajstić information content (AvgIpc) is 2.76. The van der Waals surface area contributed by atoms with Crippen molar-refractivity contribution >= 4 is 33.5 Å². The van der Waals surface area contributed by atoms with Gasteiger partial charge in [-0.1, -0.05) is 0 Å². The number of hydrogen-bond donors (Lipinski definition) is 1. The van der Waals surface area contributed by atoms with Gasteiger partial charge in [-0.15, -0.1) is 11.3 Å². The van der Waals surface area contributed by atoms with Gasteiger partial charge in [0.15, 0.2) is 0 Å². The number of carbonyl (C=O) groups excluding carboxylic acids is 1. The van der Waals surface area contributed by atoms with Gasteiger partial charge >= 0.3 is 5.97 Å². The maximum absolute atomic E-state index is 11.3. The van der Waals surface area contributed by atoms with E-state index in [0.717, 1.165) is 15.0 Å². The van der Waals surface area contributed by atoms with Crippen molar-refractivity contribution in [1.82, 2.24) is 0 Å². The second-order valence-corrected chi connectivity index (χ2v) is 4.65. The predicted octanol–water partition coefficient (Wildman–Crippen LogP) is 2.69. The molecule has 0 aliphatic heterocycles. The molecule has 1 N–H and O–H groups in total. The van der Waals surface area contributed by atoms with Gasteiger partial charge in [-0.25, -0.2) is 4.79 Å². The first-order valence-electron chi connectivity index (χ1n) is 5.06. The number of esters is 1. The highest BCUT2D eigenvalue weighted by atomic mass is 32.1. The Balaban J connectivity index is 2.46. The zero-order valence-corrected chi connectivity index (χ0v) is 10.3. The Morgan fingerprint density at radius 3 is 2.94 bits per heavy atom. The van der Waals surface area contributed by atoms with E-state index in [1.54, 1.807) is 24.3 Å². The Morgan fingerprint density at radius 1 is 1.50 bits per heavy atom. The molecule has 2 aromatic rings. The zero-order chi connectivity index (χ0) is 13.1. The molecule has 0 fully saturated rings. The highest BCUT2D eigenvalue weighted by Crippen LogP contribution is 2.30. The molecule has 0 aliphatic carbocycles. The lowest BCUT2D eigenvalue weighted by Gasteiger charge is -1.93. The van der Waals surface area contributed by atoms with Crippen LogP contribution in [0.5, 0.6) is 5.75 Å². The van der Waals surface area contributed by atoms with Gasteiger partial charge in [-0.05, 0) is 35.7 Å². The molecular weight excluding hydrogens is 250 g/mol. The number of phenols is 1. The van der Waals surface area contributed by atoms with E-state index in [4.69, 9.17) is 5.26 Å². The Kier molecular flexibility index (Phi) is 3.31. The second-order valence-electron chi connectivity index (χ2n) is 3.53. The fraction of sp³-hybridized carbons (Fsp3) is 0.0769. The third-order valence-corrected chi connectivity index (χ3v) is 3.38. The van der Waals surface area contributed by atoms with Gasteiger partial charge in [-0.3, -0.25) is 0 Å². The van der Waals surface area contributed by atoms with Crippen LogP contribution in [0.15, 0.2) is 29.8 Å². The molecule has 1 aromatic carbocycles. The summed E-state index contributed by atoms with van der Waals surface area (Å²) in [6.45, 7) is 0. The van der Waals surface area contributed by atoms with E-state index in [-0.39, 0.29) is 11.3 Å². The summed E-state index contributed by atoms with van der Waals surface area (Å²) in [5.41, 5.74) is -0.0479. The van der Waals surface area contributed by atoms with E-state index in [0.29, 0.717) is 0 Å². The maximum atomic E-state index is 11.3. The highest BCUT2D eigenvalue weighted by molar-refractivity contribution is 7.19. The molecule has 0 amide bonds. The molecule has 0 radical (unpaired) electrons. The molecular formula is C13H9NO3S. The summed E-state index contributed by atoms with van der Waals surface area (Å²) in [5, 5.41) is 19.2. The minimum atomic E-state index is -0.655. The number of methoxy groups -OCH3 is 1. The number of aromatic hydroxyl groups is 1. The van der Waals surface area contributed by atoms with Crippen LogP contribution >= 0.6 is 11.3 Å². The van der Waals surface area contributed by atoms with Gasteiger partial charge in [0, 0.05) is 9.58 Å². The number of benzene rings is 1. The molecule has 0 bridgehead atoms. The molecule has 1 aromatic heterocycles. The van der Waals surface area contributed by atoms with Gasteiger partial charge < -0.3 is 9.84 Å². The topological polar surface area (TPSA) is 70.3 Å². The molecule has 0 aliphatic rings. The number of nitriles is 1. The summed E-state index contributed by atoms with van der Waals surface area (Å²) < 4.78 is 5.40. The van der Waals surface area contributed by atoms with E-state index in [1.165, 1.54) is 24.5 Å². The molecule has 90 valence electrons. The SMILES string of the molecule is COC(=O)/C(C#N)=C/c1cc2ccc(O)cc2s1. The average molecular weight is 259 g/mol. The second kappa shape index (κ2) is 4.90. The first-order chi connectivity index (χ1) is 8.63. The van der Waals surface area contributed by atoms with Gasteiger partial charge in [0.25, 0.3) is 0 Å². The van der Waals surface area contributed by atoms with E-state index in [9.17, 15) is 9.90 Å². The number of thiophene rings is 1. The van der Waals surface area contributed by atoms with Crippen molar-refractivity contribution in [2.24, 2.45) is 0 Å². The van der Waals surface area contributed by atoms with Crippen LogP contribution in [-0.4, -0.2) is 18.2 Å². The number of fused-ring (bicyclic) bond motifs is 1. The lowest BCUT2D eigenvalue weighted by molar-refractivity contribution is -0.135. The van der Waals surface area contributed by atoms with Gasteiger partial charge in [-0.2, -0.15) is 5.26 Å². The first kappa shape index (κ1) is 12.1. The first-order valence-corrected chi connectivity index (χ1v) is 5.88. The van der Waals surface area contributed by atoms with Crippen LogP contribution in [0.3, 0.4) is 0 Å². The largest absolute Gasteiger partial charge is 0.508 e. The number of ether oxygens (including phenoxy) is 1. The molecule has 0 spiro atoms. The fourth-order valence-corrected chi connectivity index (χ4v) is 2.54. The van der Waals surface area contributed by atoms with Crippen LogP contribution in [0, 0.1) is 11.3 Å². The van der Waals surface area contributed by atoms with Gasteiger partial charge in [0.05, 0.1) is 7.11 Å². The molecule has 0 saturated heterocycles. The molecule has 4 nitrogen and oxygen atoms in total. The number of hydrogen-bond acceptors (Lipinski definition) is 5. The number of carbonyl (C=O) groups is 1. The van der Waals surface area contributed by atoms with Crippen LogP contribution in [-0.2, 0) is 9.53 Å². The normalized spacial score (nSPS) is 11.2.